The highest BCUT2D eigenvalue weighted by Crippen LogP contribution is 2.19. The van der Waals surface area contributed by atoms with E-state index in [4.69, 9.17) is 5.73 Å². The van der Waals surface area contributed by atoms with Gasteiger partial charge in [-0.25, -0.2) is 4.79 Å². The fraction of sp³-hybridized carbons (Fsp3) is 0.722. The van der Waals surface area contributed by atoms with Gasteiger partial charge in [-0.1, -0.05) is 20.3 Å². The van der Waals surface area contributed by atoms with Crippen LogP contribution in [0.25, 0.3) is 0 Å². The number of nitrogen functional groups attached to an aromatic ring is 1. The van der Waals surface area contributed by atoms with Crippen molar-refractivity contribution in [2.75, 3.05) is 36.8 Å². The molecule has 1 fully saturated rings. The summed E-state index contributed by atoms with van der Waals surface area (Å²) >= 11 is 0. The van der Waals surface area contributed by atoms with Gasteiger partial charge in [0.15, 0.2) is 0 Å². The van der Waals surface area contributed by atoms with E-state index >= 15 is 0 Å². The molecule has 1 atom stereocenters. The van der Waals surface area contributed by atoms with Crippen LogP contribution in [-0.2, 0) is 11.3 Å². The number of aromatic nitrogens is 2. The number of piperidine rings is 1. The van der Waals surface area contributed by atoms with Gasteiger partial charge in [-0.3, -0.25) is 19.1 Å². The number of carbonyl (C=O) groups excluding carboxylic acids is 1. The van der Waals surface area contributed by atoms with Crippen molar-refractivity contribution in [2.24, 2.45) is 5.92 Å². The standard InChI is InChI=1S/C18H31N5O3/c1-4-6-10-23-16(19)15(17(25)20-18(23)26)21(5-2)12-14(24)22-9-7-8-13(3)11-22/h13H,4-12,19H2,1-3H3,(H,20,25,26). The van der Waals surface area contributed by atoms with Crippen LogP contribution >= 0.6 is 0 Å². The third-order valence-corrected chi connectivity index (χ3v) is 4.98. The lowest BCUT2D eigenvalue weighted by Gasteiger charge is -2.33. The number of hydrogen-bond donors (Lipinski definition) is 2. The summed E-state index contributed by atoms with van der Waals surface area (Å²) in [6, 6.07) is 0. The Hall–Kier alpha value is -2.25. The molecule has 1 aliphatic rings. The molecule has 26 heavy (non-hydrogen) atoms. The number of likely N-dealkylation sites (N-methyl/N-ethyl adjacent to an activating group) is 1. The Balaban J connectivity index is 2.27. The summed E-state index contributed by atoms with van der Waals surface area (Å²) in [7, 11) is 0. The molecular formula is C18H31N5O3. The van der Waals surface area contributed by atoms with E-state index in [0.717, 1.165) is 38.8 Å². The number of carbonyl (C=O) groups is 1. The van der Waals surface area contributed by atoms with Crippen LogP contribution in [0, 0.1) is 5.92 Å². The molecule has 1 amide bonds. The molecule has 2 heterocycles. The van der Waals surface area contributed by atoms with Gasteiger partial charge in [-0.15, -0.1) is 0 Å². The van der Waals surface area contributed by atoms with Gasteiger partial charge in [0, 0.05) is 26.2 Å². The van der Waals surface area contributed by atoms with Gasteiger partial charge < -0.3 is 15.5 Å². The molecule has 1 saturated heterocycles. The van der Waals surface area contributed by atoms with E-state index in [1.165, 1.54) is 4.57 Å². The molecule has 8 heteroatoms. The fourth-order valence-corrected chi connectivity index (χ4v) is 3.45. The maximum absolute atomic E-state index is 12.7. The predicted octanol–water partition coefficient (Wildman–Crippen LogP) is 1.00. The number of likely N-dealkylation sites (tertiary alicyclic amines) is 1. The van der Waals surface area contributed by atoms with Crippen LogP contribution in [0.5, 0.6) is 0 Å². The van der Waals surface area contributed by atoms with Crippen LogP contribution in [-0.4, -0.2) is 46.5 Å². The van der Waals surface area contributed by atoms with Crippen LogP contribution in [0.15, 0.2) is 9.59 Å². The lowest BCUT2D eigenvalue weighted by molar-refractivity contribution is -0.131. The zero-order chi connectivity index (χ0) is 19.3. The van der Waals surface area contributed by atoms with Crippen molar-refractivity contribution >= 4 is 17.4 Å². The van der Waals surface area contributed by atoms with Crippen LogP contribution < -0.4 is 21.9 Å². The molecule has 146 valence electrons. The molecular weight excluding hydrogens is 334 g/mol. The zero-order valence-corrected chi connectivity index (χ0v) is 16.1. The molecule has 0 bridgehead atoms. The first-order chi connectivity index (χ1) is 12.4. The van der Waals surface area contributed by atoms with E-state index < -0.39 is 11.2 Å². The second-order valence-corrected chi connectivity index (χ2v) is 7.10. The quantitative estimate of drug-likeness (QED) is 0.750. The summed E-state index contributed by atoms with van der Waals surface area (Å²) in [5.41, 5.74) is 5.32. The molecule has 0 saturated carbocycles. The summed E-state index contributed by atoms with van der Waals surface area (Å²) in [5, 5.41) is 0. The Morgan fingerprint density at radius 3 is 2.69 bits per heavy atom. The number of anilines is 2. The summed E-state index contributed by atoms with van der Waals surface area (Å²) in [5.74, 6) is 0.615. The SMILES string of the molecule is CCCCn1c(N)c(N(CC)CC(=O)N2CCCC(C)C2)c(=O)[nH]c1=O. The molecule has 0 aromatic carbocycles. The minimum absolute atomic E-state index is 0.0106. The highest BCUT2D eigenvalue weighted by atomic mass is 16.2. The first kappa shape index (κ1) is 20.1. The van der Waals surface area contributed by atoms with Crippen molar-refractivity contribution in [2.45, 2.75) is 53.0 Å². The van der Waals surface area contributed by atoms with Gasteiger partial charge >= 0.3 is 5.69 Å². The van der Waals surface area contributed by atoms with E-state index in [1.807, 2.05) is 18.7 Å². The maximum Gasteiger partial charge on any atom is 0.330 e. The number of nitrogens with zero attached hydrogens (tertiary/aromatic N) is 3. The molecule has 2 rings (SSSR count). The number of unbranched alkanes of at least 4 members (excludes halogenated alkanes) is 1. The van der Waals surface area contributed by atoms with Crippen LogP contribution in [0.1, 0.15) is 46.5 Å². The normalized spacial score (nSPS) is 17.3. The Labute approximate surface area is 154 Å². The van der Waals surface area contributed by atoms with Gasteiger partial charge in [-0.2, -0.15) is 0 Å². The monoisotopic (exact) mass is 365 g/mol. The average Bonchev–Trinajstić information content (AvgIpc) is 2.60. The van der Waals surface area contributed by atoms with Crippen molar-refractivity contribution in [3.05, 3.63) is 20.8 Å². The van der Waals surface area contributed by atoms with E-state index in [-0.39, 0.29) is 24.0 Å². The van der Waals surface area contributed by atoms with Crippen LogP contribution in [0.2, 0.25) is 0 Å². The molecule has 1 aromatic rings. The Morgan fingerprint density at radius 1 is 1.35 bits per heavy atom. The van der Waals surface area contributed by atoms with Gasteiger partial charge in [0.25, 0.3) is 5.56 Å². The van der Waals surface area contributed by atoms with Crippen molar-refractivity contribution in [1.82, 2.24) is 14.5 Å². The zero-order valence-electron chi connectivity index (χ0n) is 16.1. The molecule has 1 unspecified atom stereocenters. The number of aromatic amines is 1. The summed E-state index contributed by atoms with van der Waals surface area (Å²) < 4.78 is 1.39. The minimum Gasteiger partial charge on any atom is -0.383 e. The smallest absolute Gasteiger partial charge is 0.330 e. The van der Waals surface area contributed by atoms with E-state index in [1.54, 1.807) is 4.90 Å². The average molecular weight is 365 g/mol. The molecule has 3 N–H and O–H groups in total. The van der Waals surface area contributed by atoms with Crippen molar-refractivity contribution in [1.29, 1.82) is 0 Å². The number of rotatable bonds is 7. The highest BCUT2D eigenvalue weighted by Gasteiger charge is 2.25. The fourth-order valence-electron chi connectivity index (χ4n) is 3.45. The van der Waals surface area contributed by atoms with E-state index in [2.05, 4.69) is 11.9 Å². The second-order valence-electron chi connectivity index (χ2n) is 7.10. The maximum atomic E-state index is 12.7. The van der Waals surface area contributed by atoms with Gasteiger partial charge in [-0.05, 0) is 32.1 Å². The van der Waals surface area contributed by atoms with Gasteiger partial charge in [0.05, 0.1) is 6.54 Å². The second kappa shape index (κ2) is 8.91. The number of nitrogens with one attached hydrogen (secondary N) is 1. The van der Waals surface area contributed by atoms with Gasteiger partial charge in [0.2, 0.25) is 5.91 Å². The number of amides is 1. The topological polar surface area (TPSA) is 104 Å². The van der Waals surface area contributed by atoms with Crippen molar-refractivity contribution in [3.8, 4) is 0 Å². The molecule has 1 aliphatic heterocycles. The van der Waals surface area contributed by atoms with Crippen molar-refractivity contribution in [3.63, 3.8) is 0 Å². The molecule has 0 spiro atoms. The number of nitrogens with two attached hydrogens (primary N) is 1. The number of hydrogen-bond acceptors (Lipinski definition) is 5. The molecule has 1 aromatic heterocycles. The lowest BCUT2D eigenvalue weighted by Crippen LogP contribution is -2.46. The van der Waals surface area contributed by atoms with Crippen molar-refractivity contribution < 1.29 is 4.79 Å². The Bertz CT molecular complexity index is 739. The molecule has 0 aliphatic carbocycles. The summed E-state index contributed by atoms with van der Waals surface area (Å²) in [6.07, 6.45) is 3.83. The first-order valence-electron chi connectivity index (χ1n) is 9.54. The van der Waals surface area contributed by atoms with Crippen LogP contribution in [0.4, 0.5) is 11.5 Å². The third kappa shape index (κ3) is 4.47. The largest absolute Gasteiger partial charge is 0.383 e. The van der Waals surface area contributed by atoms with Gasteiger partial charge in [0.1, 0.15) is 11.5 Å². The summed E-state index contributed by atoms with van der Waals surface area (Å²) in [6.45, 7) is 8.51. The minimum atomic E-state index is -0.540. The van der Waals surface area contributed by atoms with E-state index in [0.29, 0.717) is 19.0 Å². The summed E-state index contributed by atoms with van der Waals surface area (Å²) in [4.78, 5) is 43.0. The first-order valence-corrected chi connectivity index (χ1v) is 9.54. The Kier molecular flexibility index (Phi) is 6.88. The predicted molar refractivity (Wildman–Crippen MR) is 104 cm³/mol. The van der Waals surface area contributed by atoms with E-state index in [9.17, 15) is 14.4 Å². The Morgan fingerprint density at radius 2 is 2.08 bits per heavy atom. The van der Waals surface area contributed by atoms with Crippen LogP contribution in [0.3, 0.4) is 0 Å². The third-order valence-electron chi connectivity index (χ3n) is 4.98. The highest BCUT2D eigenvalue weighted by molar-refractivity contribution is 5.82. The lowest BCUT2D eigenvalue weighted by atomic mass is 10.0. The molecule has 8 nitrogen and oxygen atoms in total. The molecule has 0 radical (unpaired) electrons. The number of H-pyrrole nitrogens is 1.